The molecule has 4 heterocycles. The number of nitrogens with zero attached hydrogens (tertiary/aromatic N) is 11. The Morgan fingerprint density at radius 3 is 2.42 bits per heavy atom. The van der Waals surface area contributed by atoms with Crippen LogP contribution in [0.25, 0.3) is 5.95 Å². The molecule has 0 aliphatic carbocycles. The van der Waals surface area contributed by atoms with Gasteiger partial charge < -0.3 is 15.1 Å². The van der Waals surface area contributed by atoms with Gasteiger partial charge in [-0.15, -0.1) is 10.2 Å². The molecule has 3 aromatic rings. The molecule has 1 saturated heterocycles. The van der Waals surface area contributed by atoms with Crippen molar-refractivity contribution in [2.45, 2.75) is 6.92 Å². The number of likely N-dealkylation sites (N-methyl/N-ethyl adjacent to an activating group) is 1. The van der Waals surface area contributed by atoms with Crippen LogP contribution in [0, 0.1) is 29.6 Å². The minimum absolute atomic E-state index is 0.187. The number of anilines is 2. The third-order valence-corrected chi connectivity index (χ3v) is 5.40. The molecule has 1 aliphatic heterocycles. The fourth-order valence-corrected chi connectivity index (χ4v) is 3.52. The molecule has 33 heavy (non-hydrogen) atoms. The van der Waals surface area contributed by atoms with E-state index in [0.29, 0.717) is 28.5 Å². The average molecular weight is 442 g/mol. The summed E-state index contributed by atoms with van der Waals surface area (Å²) in [7, 11) is 3.81. The average Bonchev–Trinajstić information content (AvgIpc) is 3.26. The van der Waals surface area contributed by atoms with Crippen LogP contribution in [0.4, 0.5) is 23.1 Å². The van der Waals surface area contributed by atoms with Crippen LogP contribution in [0.2, 0.25) is 0 Å². The summed E-state index contributed by atoms with van der Waals surface area (Å²) in [6.45, 7) is 5.17. The minimum Gasteiger partial charge on any atom is -0.371 e. The molecule has 12 heteroatoms. The van der Waals surface area contributed by atoms with Crippen molar-refractivity contribution >= 4 is 23.1 Å². The maximum Gasteiger partial charge on any atom is 0.252 e. The fourth-order valence-electron chi connectivity index (χ4n) is 3.52. The fraction of sp³-hybridized carbons (Fsp3) is 0.333. The molecule has 0 unspecified atom stereocenters. The summed E-state index contributed by atoms with van der Waals surface area (Å²) in [5.74, 6) is 1.57. The Kier molecular flexibility index (Phi) is 6.20. The van der Waals surface area contributed by atoms with E-state index in [1.165, 1.54) is 10.9 Å². The summed E-state index contributed by atoms with van der Waals surface area (Å²) >= 11 is 0. The van der Waals surface area contributed by atoms with Gasteiger partial charge in [0, 0.05) is 51.2 Å². The van der Waals surface area contributed by atoms with E-state index < -0.39 is 0 Å². The summed E-state index contributed by atoms with van der Waals surface area (Å²) in [4.78, 5) is 17.4. The van der Waals surface area contributed by atoms with Crippen molar-refractivity contribution in [1.29, 1.82) is 10.5 Å². The summed E-state index contributed by atoms with van der Waals surface area (Å²) in [5, 5.41) is 35.3. The third-order valence-electron chi connectivity index (χ3n) is 5.40. The van der Waals surface area contributed by atoms with Crippen LogP contribution in [0.5, 0.6) is 0 Å². The first-order valence-electron chi connectivity index (χ1n) is 10.3. The second kappa shape index (κ2) is 9.38. The zero-order chi connectivity index (χ0) is 23.4. The van der Waals surface area contributed by atoms with Gasteiger partial charge in [-0.2, -0.15) is 20.3 Å². The summed E-state index contributed by atoms with van der Waals surface area (Å²) in [5.41, 5.74) is 1.73. The van der Waals surface area contributed by atoms with Crippen molar-refractivity contribution < 1.29 is 0 Å². The van der Waals surface area contributed by atoms with E-state index in [2.05, 4.69) is 59.6 Å². The molecule has 4 rings (SSSR count). The summed E-state index contributed by atoms with van der Waals surface area (Å²) < 4.78 is 1.34. The molecule has 0 atom stereocenters. The van der Waals surface area contributed by atoms with Gasteiger partial charge in [-0.3, -0.25) is 0 Å². The molecule has 0 aromatic carbocycles. The van der Waals surface area contributed by atoms with Gasteiger partial charge in [-0.25, -0.2) is 15.0 Å². The Hall–Kier alpha value is -4.42. The van der Waals surface area contributed by atoms with Crippen molar-refractivity contribution in [3.8, 4) is 18.1 Å². The van der Waals surface area contributed by atoms with Crippen molar-refractivity contribution in [3.63, 3.8) is 0 Å². The lowest BCUT2D eigenvalue weighted by atomic mass is 10.1. The quantitative estimate of drug-likeness (QED) is 0.588. The molecule has 0 saturated carbocycles. The normalized spacial score (nSPS) is 14.3. The molecule has 0 amide bonds. The van der Waals surface area contributed by atoms with Gasteiger partial charge in [0.05, 0.1) is 11.8 Å². The first-order valence-corrected chi connectivity index (χ1v) is 10.3. The van der Waals surface area contributed by atoms with Gasteiger partial charge in [0.15, 0.2) is 11.6 Å². The zero-order valence-electron chi connectivity index (χ0n) is 18.6. The number of nitriles is 2. The number of pyridine rings is 1. The molecule has 1 fully saturated rings. The van der Waals surface area contributed by atoms with Gasteiger partial charge in [0.25, 0.3) is 5.95 Å². The zero-order valence-corrected chi connectivity index (χ0v) is 18.6. The lowest BCUT2D eigenvalue weighted by molar-refractivity contribution is 0.312. The third kappa shape index (κ3) is 4.20. The van der Waals surface area contributed by atoms with Crippen LogP contribution in [0.3, 0.4) is 0 Å². The molecule has 1 aliphatic rings. The number of nitrogens with one attached hydrogen (secondary N) is 1. The highest BCUT2D eigenvalue weighted by Crippen LogP contribution is 2.36. The summed E-state index contributed by atoms with van der Waals surface area (Å²) in [6.07, 6.45) is 4.52. The predicted octanol–water partition coefficient (Wildman–Crippen LogP) is 2.32. The molecule has 0 spiro atoms. The first kappa shape index (κ1) is 21.8. The number of hydrogen-bond acceptors (Lipinski definition) is 11. The van der Waals surface area contributed by atoms with E-state index in [4.69, 9.17) is 4.98 Å². The van der Waals surface area contributed by atoms with E-state index in [-0.39, 0.29) is 17.3 Å². The largest absolute Gasteiger partial charge is 0.371 e. The number of hydrogen-bond donors (Lipinski definition) is 1. The van der Waals surface area contributed by atoms with E-state index >= 15 is 0 Å². The van der Waals surface area contributed by atoms with Crippen molar-refractivity contribution in [3.05, 3.63) is 41.3 Å². The SMILES string of the molecule is CNc1nc(N2CCN(C)CC2)c(C#N)c(C)c1N=Nc1c(C#N)cnn1-c1ncccn1. The van der Waals surface area contributed by atoms with Gasteiger partial charge in [0.2, 0.25) is 0 Å². The van der Waals surface area contributed by atoms with Crippen LogP contribution in [0.15, 0.2) is 34.9 Å². The van der Waals surface area contributed by atoms with Crippen molar-refractivity contribution in [2.75, 3.05) is 50.5 Å². The Balaban J connectivity index is 1.78. The first-order chi connectivity index (χ1) is 16.1. The molecular weight excluding hydrogens is 420 g/mol. The smallest absolute Gasteiger partial charge is 0.252 e. The highest BCUT2D eigenvalue weighted by molar-refractivity contribution is 5.74. The molecular formula is C21H22N12. The maximum atomic E-state index is 9.90. The number of azo groups is 1. The molecule has 0 radical (unpaired) electrons. The van der Waals surface area contributed by atoms with Crippen LogP contribution < -0.4 is 10.2 Å². The number of aromatic nitrogens is 5. The number of rotatable bonds is 5. The highest BCUT2D eigenvalue weighted by atomic mass is 15.4. The lowest BCUT2D eigenvalue weighted by Gasteiger charge is -2.34. The van der Waals surface area contributed by atoms with Crippen molar-refractivity contribution in [1.82, 2.24) is 29.6 Å². The lowest BCUT2D eigenvalue weighted by Crippen LogP contribution is -2.45. The standard InChI is InChI=1S/C21H22N12/c1-14-16(12-23)20(32-9-7-31(3)8-10-32)28-18(24-2)17(14)29-30-19-15(11-22)13-27-33(19)21-25-5-4-6-26-21/h4-6,13H,7-10H2,1-3H3,(H,24,28). The van der Waals surface area contributed by atoms with Crippen molar-refractivity contribution in [2.24, 2.45) is 10.2 Å². The van der Waals surface area contributed by atoms with E-state index in [9.17, 15) is 10.5 Å². The minimum atomic E-state index is 0.187. The second-order valence-electron chi connectivity index (χ2n) is 7.44. The molecule has 0 bridgehead atoms. The van der Waals surface area contributed by atoms with Crippen LogP contribution in [-0.2, 0) is 0 Å². The number of piperazine rings is 1. The highest BCUT2D eigenvalue weighted by Gasteiger charge is 2.24. The molecule has 166 valence electrons. The molecule has 1 N–H and O–H groups in total. The molecule has 3 aromatic heterocycles. The van der Waals surface area contributed by atoms with E-state index in [1.807, 2.05) is 6.92 Å². The van der Waals surface area contributed by atoms with E-state index in [1.54, 1.807) is 25.5 Å². The second-order valence-corrected chi connectivity index (χ2v) is 7.44. The van der Waals surface area contributed by atoms with Crippen LogP contribution >= 0.6 is 0 Å². The van der Waals surface area contributed by atoms with Gasteiger partial charge in [0.1, 0.15) is 29.2 Å². The molecule has 12 nitrogen and oxygen atoms in total. The summed E-state index contributed by atoms with van der Waals surface area (Å²) in [6, 6.07) is 6.02. The van der Waals surface area contributed by atoms with Crippen LogP contribution in [0.1, 0.15) is 16.7 Å². The van der Waals surface area contributed by atoms with Gasteiger partial charge in [-0.05, 0) is 20.0 Å². The topological polar surface area (TPSA) is 147 Å². The predicted molar refractivity (Wildman–Crippen MR) is 121 cm³/mol. The monoisotopic (exact) mass is 442 g/mol. The van der Waals surface area contributed by atoms with E-state index in [0.717, 1.165) is 26.2 Å². The Morgan fingerprint density at radius 2 is 1.79 bits per heavy atom. The Bertz CT molecular complexity index is 1260. The van der Waals surface area contributed by atoms with Crippen LogP contribution in [-0.4, -0.2) is 69.9 Å². The van der Waals surface area contributed by atoms with Gasteiger partial charge >= 0.3 is 0 Å². The van der Waals surface area contributed by atoms with Gasteiger partial charge in [-0.1, -0.05) is 0 Å². The maximum absolute atomic E-state index is 9.90. The Labute approximate surface area is 190 Å². The Morgan fingerprint density at radius 1 is 1.06 bits per heavy atom.